The third-order valence-corrected chi connectivity index (χ3v) is 4.50. The molecule has 11 nitrogen and oxygen atoms in total. The van der Waals surface area contributed by atoms with Gasteiger partial charge in [-0.15, -0.1) is 5.10 Å². The molecule has 0 saturated heterocycles. The van der Waals surface area contributed by atoms with Crippen LogP contribution in [0.5, 0.6) is 17.2 Å². The molecule has 4 N–H and O–H groups in total. The van der Waals surface area contributed by atoms with Crippen LogP contribution in [0.25, 0.3) is 0 Å². The maximum atomic E-state index is 12.5. The first kappa shape index (κ1) is 22.4. The number of rotatable bonds is 9. The number of nitrogens with two attached hydrogens (primary N) is 1. The van der Waals surface area contributed by atoms with E-state index in [9.17, 15) is 9.59 Å². The van der Waals surface area contributed by atoms with Crippen LogP contribution in [-0.4, -0.2) is 48.1 Å². The number of anilines is 2. The van der Waals surface area contributed by atoms with E-state index in [2.05, 4.69) is 20.9 Å². The summed E-state index contributed by atoms with van der Waals surface area (Å²) >= 11 is 0. The zero-order valence-electron chi connectivity index (χ0n) is 17.9. The largest absolute Gasteiger partial charge is 0.497 e. The van der Waals surface area contributed by atoms with Gasteiger partial charge < -0.3 is 30.6 Å². The second-order valence-corrected chi connectivity index (χ2v) is 6.66. The minimum absolute atomic E-state index is 0.0217. The standard InChI is InChI=1S/C21H24N6O5/c1-30-15-6-4-5-13(7-15)11-23-21(29)19-20(22)27(26-25-19)12-18(28)24-14-8-16(31-2)10-17(9-14)32-3/h4-10H,11-12,22H2,1-3H3,(H,23,29)(H,24,28). The number of ether oxygens (including phenoxy) is 3. The Labute approximate surface area is 184 Å². The summed E-state index contributed by atoms with van der Waals surface area (Å²) in [6.07, 6.45) is 0. The van der Waals surface area contributed by atoms with Crippen molar-refractivity contribution >= 4 is 23.3 Å². The molecule has 2 aromatic carbocycles. The van der Waals surface area contributed by atoms with Gasteiger partial charge in [0.25, 0.3) is 5.91 Å². The Kier molecular flexibility index (Phi) is 7.11. The molecule has 0 aliphatic carbocycles. The van der Waals surface area contributed by atoms with E-state index in [0.29, 0.717) is 22.9 Å². The van der Waals surface area contributed by atoms with Gasteiger partial charge in [0.1, 0.15) is 23.8 Å². The van der Waals surface area contributed by atoms with Gasteiger partial charge in [0.15, 0.2) is 11.5 Å². The van der Waals surface area contributed by atoms with Crippen molar-refractivity contribution in [2.45, 2.75) is 13.1 Å². The van der Waals surface area contributed by atoms with Crippen molar-refractivity contribution in [3.05, 3.63) is 53.7 Å². The van der Waals surface area contributed by atoms with Gasteiger partial charge in [0, 0.05) is 30.4 Å². The first-order chi connectivity index (χ1) is 15.4. The molecule has 0 aliphatic rings. The number of hydrogen-bond donors (Lipinski definition) is 3. The van der Waals surface area contributed by atoms with Gasteiger partial charge in [-0.05, 0) is 17.7 Å². The smallest absolute Gasteiger partial charge is 0.275 e. The molecule has 1 heterocycles. The van der Waals surface area contributed by atoms with Gasteiger partial charge in [-0.1, -0.05) is 17.3 Å². The van der Waals surface area contributed by atoms with E-state index in [0.717, 1.165) is 10.2 Å². The second-order valence-electron chi connectivity index (χ2n) is 6.66. The quantitative estimate of drug-likeness (QED) is 0.454. The molecule has 0 radical (unpaired) electrons. The molecule has 0 saturated carbocycles. The van der Waals surface area contributed by atoms with Gasteiger partial charge >= 0.3 is 0 Å². The summed E-state index contributed by atoms with van der Waals surface area (Å²) in [5, 5.41) is 13.1. The Bertz CT molecular complexity index is 1090. The average Bonchev–Trinajstić information content (AvgIpc) is 3.17. The Morgan fingerprint density at radius 2 is 1.69 bits per heavy atom. The lowest BCUT2D eigenvalue weighted by molar-refractivity contribution is -0.116. The third-order valence-electron chi connectivity index (χ3n) is 4.50. The predicted molar refractivity (Wildman–Crippen MR) is 117 cm³/mol. The Hall–Kier alpha value is -4.28. The average molecular weight is 440 g/mol. The van der Waals surface area contributed by atoms with Crippen molar-refractivity contribution in [3.8, 4) is 17.2 Å². The van der Waals surface area contributed by atoms with E-state index >= 15 is 0 Å². The predicted octanol–water partition coefficient (Wildman–Crippen LogP) is 1.45. The molecule has 0 bridgehead atoms. The lowest BCUT2D eigenvalue weighted by Gasteiger charge is -2.10. The summed E-state index contributed by atoms with van der Waals surface area (Å²) in [6, 6.07) is 12.2. The highest BCUT2D eigenvalue weighted by molar-refractivity contribution is 5.97. The van der Waals surface area contributed by atoms with Crippen molar-refractivity contribution in [2.24, 2.45) is 0 Å². The maximum Gasteiger partial charge on any atom is 0.275 e. The zero-order chi connectivity index (χ0) is 23.1. The third kappa shape index (κ3) is 5.45. The maximum absolute atomic E-state index is 12.5. The Morgan fingerprint density at radius 3 is 2.34 bits per heavy atom. The van der Waals surface area contributed by atoms with Gasteiger partial charge in [0.05, 0.1) is 21.3 Å². The number of nitrogens with one attached hydrogen (secondary N) is 2. The molecule has 0 atom stereocenters. The molecule has 0 fully saturated rings. The molecule has 168 valence electrons. The number of amides is 2. The monoisotopic (exact) mass is 440 g/mol. The molecule has 32 heavy (non-hydrogen) atoms. The van der Waals surface area contributed by atoms with Crippen LogP contribution in [0.3, 0.4) is 0 Å². The highest BCUT2D eigenvalue weighted by Crippen LogP contribution is 2.25. The highest BCUT2D eigenvalue weighted by atomic mass is 16.5. The van der Waals surface area contributed by atoms with Crippen LogP contribution in [0, 0.1) is 0 Å². The van der Waals surface area contributed by atoms with Crippen LogP contribution in [-0.2, 0) is 17.9 Å². The molecule has 0 unspecified atom stereocenters. The van der Waals surface area contributed by atoms with E-state index in [1.165, 1.54) is 14.2 Å². The molecule has 11 heteroatoms. The Morgan fingerprint density at radius 1 is 1.00 bits per heavy atom. The van der Waals surface area contributed by atoms with E-state index in [-0.39, 0.29) is 24.6 Å². The van der Waals surface area contributed by atoms with Crippen molar-refractivity contribution < 1.29 is 23.8 Å². The number of benzene rings is 2. The second kappa shape index (κ2) is 10.2. The van der Waals surface area contributed by atoms with Crippen LogP contribution in [0.15, 0.2) is 42.5 Å². The molecular weight excluding hydrogens is 416 g/mol. The summed E-state index contributed by atoms with van der Waals surface area (Å²) in [5.74, 6) is 0.785. The summed E-state index contributed by atoms with van der Waals surface area (Å²) < 4.78 is 16.7. The van der Waals surface area contributed by atoms with Crippen molar-refractivity contribution in [1.82, 2.24) is 20.3 Å². The fourth-order valence-corrected chi connectivity index (χ4v) is 2.86. The summed E-state index contributed by atoms with van der Waals surface area (Å²) in [5.41, 5.74) is 7.24. The van der Waals surface area contributed by atoms with Crippen molar-refractivity contribution in [2.75, 3.05) is 32.4 Å². The number of aromatic nitrogens is 3. The molecule has 0 aliphatic heterocycles. The lowest BCUT2D eigenvalue weighted by atomic mass is 10.2. The van der Waals surface area contributed by atoms with Crippen molar-refractivity contribution in [3.63, 3.8) is 0 Å². The summed E-state index contributed by atoms with van der Waals surface area (Å²) in [7, 11) is 4.59. The normalized spacial score (nSPS) is 10.3. The highest BCUT2D eigenvalue weighted by Gasteiger charge is 2.19. The van der Waals surface area contributed by atoms with E-state index in [1.54, 1.807) is 31.4 Å². The van der Waals surface area contributed by atoms with E-state index in [1.807, 2.05) is 18.2 Å². The van der Waals surface area contributed by atoms with Gasteiger partial charge in [-0.2, -0.15) is 0 Å². The first-order valence-corrected chi connectivity index (χ1v) is 9.56. The number of nitrogens with zero attached hydrogens (tertiary/aromatic N) is 3. The van der Waals surface area contributed by atoms with Crippen molar-refractivity contribution in [1.29, 1.82) is 0 Å². The van der Waals surface area contributed by atoms with Gasteiger partial charge in [-0.3, -0.25) is 9.59 Å². The fraction of sp³-hybridized carbons (Fsp3) is 0.238. The number of carbonyl (C=O) groups excluding carboxylic acids is 2. The van der Waals surface area contributed by atoms with Crippen LogP contribution in [0.2, 0.25) is 0 Å². The van der Waals surface area contributed by atoms with Gasteiger partial charge in [0.2, 0.25) is 5.91 Å². The molecule has 0 spiro atoms. The number of hydrogen-bond acceptors (Lipinski definition) is 8. The molecule has 1 aromatic heterocycles. The number of nitrogen functional groups attached to an aromatic ring is 1. The van der Waals surface area contributed by atoms with Gasteiger partial charge in [-0.25, -0.2) is 4.68 Å². The summed E-state index contributed by atoms with van der Waals surface area (Å²) in [6.45, 7) is 0.0159. The van der Waals surface area contributed by atoms with E-state index < -0.39 is 11.8 Å². The Balaban J connectivity index is 1.62. The minimum Gasteiger partial charge on any atom is -0.497 e. The minimum atomic E-state index is -0.505. The SMILES string of the molecule is COc1cccc(CNC(=O)c2nnn(CC(=O)Nc3cc(OC)cc(OC)c3)c2N)c1. The summed E-state index contributed by atoms with van der Waals surface area (Å²) in [4.78, 5) is 24.9. The van der Waals surface area contributed by atoms with Crippen LogP contribution in [0.1, 0.15) is 16.1 Å². The number of methoxy groups -OCH3 is 3. The topological polar surface area (TPSA) is 143 Å². The molecule has 3 rings (SSSR count). The molecule has 2 amide bonds. The lowest BCUT2D eigenvalue weighted by Crippen LogP contribution is -2.25. The van der Waals surface area contributed by atoms with Crippen LogP contribution in [0.4, 0.5) is 11.5 Å². The van der Waals surface area contributed by atoms with Crippen LogP contribution >= 0.6 is 0 Å². The zero-order valence-corrected chi connectivity index (χ0v) is 17.9. The number of carbonyl (C=O) groups is 2. The first-order valence-electron chi connectivity index (χ1n) is 9.56. The molecular formula is C21H24N6O5. The van der Waals surface area contributed by atoms with Crippen LogP contribution < -0.4 is 30.6 Å². The van der Waals surface area contributed by atoms with E-state index in [4.69, 9.17) is 19.9 Å². The fourth-order valence-electron chi connectivity index (χ4n) is 2.86. The molecule has 3 aromatic rings.